The van der Waals surface area contributed by atoms with Crippen molar-refractivity contribution in [2.75, 3.05) is 37.0 Å². The molecule has 0 saturated carbocycles. The molecule has 0 radical (unpaired) electrons. The summed E-state index contributed by atoms with van der Waals surface area (Å²) in [5.74, 6) is -0.203. The van der Waals surface area contributed by atoms with Crippen LogP contribution in [-0.2, 0) is 11.8 Å². The Kier molecular flexibility index (Phi) is 5.87. The van der Waals surface area contributed by atoms with Crippen molar-refractivity contribution in [2.45, 2.75) is 39.0 Å². The van der Waals surface area contributed by atoms with Crippen LogP contribution >= 0.6 is 0 Å². The number of hydrogen-bond donors (Lipinski definition) is 1. The van der Waals surface area contributed by atoms with Crippen LogP contribution in [0.15, 0.2) is 65.8 Å². The normalized spacial score (nSPS) is 16.8. The second-order valence-corrected chi connectivity index (χ2v) is 10.2. The van der Waals surface area contributed by atoms with Gasteiger partial charge in [0, 0.05) is 60.7 Å². The number of anilines is 2. The maximum Gasteiger partial charge on any atom is 0.271 e. The maximum atomic E-state index is 12.9. The fraction of sp³-hybridized carbons (Fsp3) is 0.333. The highest BCUT2D eigenvalue weighted by Crippen LogP contribution is 2.45. The molecular formula is C30H34N4O. The van der Waals surface area contributed by atoms with Crippen LogP contribution in [0.4, 0.5) is 11.4 Å². The third kappa shape index (κ3) is 3.99. The van der Waals surface area contributed by atoms with Crippen molar-refractivity contribution in [3.63, 3.8) is 0 Å². The molecule has 1 aliphatic heterocycles. The van der Waals surface area contributed by atoms with Crippen molar-refractivity contribution in [1.29, 1.82) is 0 Å². The predicted octanol–water partition coefficient (Wildman–Crippen LogP) is 5.35. The largest absolute Gasteiger partial charge is 0.378 e. The molecule has 0 spiro atoms. The minimum Gasteiger partial charge on any atom is -0.378 e. The molecule has 1 amide bonds. The Hall–Kier alpha value is -3.60. The number of amides is 1. The summed E-state index contributed by atoms with van der Waals surface area (Å²) in [5, 5.41) is 4.76. The second kappa shape index (κ2) is 8.88. The monoisotopic (exact) mass is 466 g/mol. The number of fused-ring (bicyclic) bond motifs is 3. The van der Waals surface area contributed by atoms with E-state index in [2.05, 4.69) is 80.4 Å². The lowest BCUT2D eigenvalue weighted by atomic mass is 9.67. The summed E-state index contributed by atoms with van der Waals surface area (Å²) in [4.78, 5) is 17.5. The van der Waals surface area contributed by atoms with Gasteiger partial charge in [0.15, 0.2) is 0 Å². The third-order valence-corrected chi connectivity index (χ3v) is 7.50. The van der Waals surface area contributed by atoms with Crippen molar-refractivity contribution >= 4 is 23.0 Å². The van der Waals surface area contributed by atoms with Crippen LogP contribution in [0.5, 0.6) is 0 Å². The van der Waals surface area contributed by atoms with E-state index in [0.29, 0.717) is 5.56 Å². The summed E-state index contributed by atoms with van der Waals surface area (Å²) in [6.45, 7) is 8.92. The van der Waals surface area contributed by atoms with Crippen LogP contribution < -0.4 is 15.2 Å². The molecule has 1 heterocycles. The van der Waals surface area contributed by atoms with Crippen LogP contribution in [0.1, 0.15) is 65.4 Å². The van der Waals surface area contributed by atoms with Gasteiger partial charge < -0.3 is 9.80 Å². The van der Waals surface area contributed by atoms with Gasteiger partial charge in [0.05, 0.1) is 5.71 Å². The highest BCUT2D eigenvalue weighted by atomic mass is 16.2. The van der Waals surface area contributed by atoms with Crippen molar-refractivity contribution in [3.05, 3.63) is 94.0 Å². The summed E-state index contributed by atoms with van der Waals surface area (Å²) >= 11 is 0. The van der Waals surface area contributed by atoms with E-state index in [9.17, 15) is 4.79 Å². The molecule has 0 unspecified atom stereocenters. The second-order valence-electron chi connectivity index (χ2n) is 10.2. The van der Waals surface area contributed by atoms with Gasteiger partial charge >= 0.3 is 0 Å². The van der Waals surface area contributed by atoms with Gasteiger partial charge in [0.2, 0.25) is 0 Å². The Morgan fingerprint density at radius 1 is 1.03 bits per heavy atom. The minimum atomic E-state index is -0.203. The molecule has 0 atom stereocenters. The van der Waals surface area contributed by atoms with Gasteiger partial charge in [-0.15, -0.1) is 0 Å². The highest BCUT2D eigenvalue weighted by molar-refractivity contribution is 6.17. The van der Waals surface area contributed by atoms with E-state index >= 15 is 0 Å². The number of nitrogens with one attached hydrogen (secondary N) is 1. The third-order valence-electron chi connectivity index (χ3n) is 7.50. The van der Waals surface area contributed by atoms with Crippen LogP contribution in [-0.4, -0.2) is 38.8 Å². The van der Waals surface area contributed by atoms with Crippen LogP contribution in [0.2, 0.25) is 0 Å². The summed E-state index contributed by atoms with van der Waals surface area (Å²) in [5.41, 5.74) is 12.6. The molecule has 3 aromatic rings. The van der Waals surface area contributed by atoms with Crippen LogP contribution in [0.3, 0.4) is 0 Å². The van der Waals surface area contributed by atoms with Crippen LogP contribution in [0, 0.1) is 0 Å². The number of nitrogens with zero attached hydrogens (tertiary/aromatic N) is 3. The molecule has 5 nitrogen and oxygen atoms in total. The van der Waals surface area contributed by atoms with E-state index in [1.165, 1.54) is 22.4 Å². The van der Waals surface area contributed by atoms with Crippen molar-refractivity contribution in [1.82, 2.24) is 5.43 Å². The number of carbonyl (C=O) groups is 1. The van der Waals surface area contributed by atoms with Gasteiger partial charge in [0.1, 0.15) is 0 Å². The molecule has 5 heteroatoms. The van der Waals surface area contributed by atoms with E-state index in [1.54, 1.807) is 12.1 Å². The molecule has 0 bridgehead atoms. The van der Waals surface area contributed by atoms with Gasteiger partial charge in [-0.25, -0.2) is 5.43 Å². The van der Waals surface area contributed by atoms with E-state index in [4.69, 9.17) is 5.10 Å². The highest BCUT2D eigenvalue weighted by Gasteiger charge is 2.38. The number of benzene rings is 3. The fourth-order valence-corrected chi connectivity index (χ4v) is 5.46. The minimum absolute atomic E-state index is 0.203. The zero-order valence-corrected chi connectivity index (χ0v) is 21.4. The molecular weight excluding hydrogens is 432 g/mol. The van der Waals surface area contributed by atoms with Crippen molar-refractivity contribution < 1.29 is 4.79 Å². The van der Waals surface area contributed by atoms with Gasteiger partial charge in [0.25, 0.3) is 5.91 Å². The maximum absolute atomic E-state index is 12.9. The molecule has 3 aromatic carbocycles. The first-order valence-electron chi connectivity index (χ1n) is 12.5. The molecule has 0 fully saturated rings. The molecule has 180 valence electrons. The van der Waals surface area contributed by atoms with Crippen molar-refractivity contribution in [2.24, 2.45) is 5.10 Å². The number of hydrogen-bond acceptors (Lipinski definition) is 4. The molecule has 0 saturated heterocycles. The summed E-state index contributed by atoms with van der Waals surface area (Å²) in [7, 11) is 4.13. The molecule has 5 rings (SSSR count). The Bertz CT molecular complexity index is 1310. The Balaban J connectivity index is 1.69. The van der Waals surface area contributed by atoms with Gasteiger partial charge in [-0.05, 0) is 72.9 Å². The van der Waals surface area contributed by atoms with E-state index < -0.39 is 0 Å². The lowest BCUT2D eigenvalue weighted by Crippen LogP contribution is -2.35. The quantitative estimate of drug-likeness (QED) is 0.528. The predicted molar refractivity (Wildman–Crippen MR) is 145 cm³/mol. The summed E-state index contributed by atoms with van der Waals surface area (Å²) in [6.07, 6.45) is 2.22. The first-order chi connectivity index (χ1) is 16.8. The average molecular weight is 467 g/mol. The topological polar surface area (TPSA) is 47.9 Å². The van der Waals surface area contributed by atoms with Gasteiger partial charge in [-0.3, -0.25) is 4.79 Å². The SMILES string of the molecule is CCN1CCCc2cc3c(cc21)C(C)(C)c1cc(N(C)C)ccc1C3=NNC(=O)c1ccccc1. The first kappa shape index (κ1) is 23.2. The fourth-order valence-electron chi connectivity index (χ4n) is 5.46. The van der Waals surface area contributed by atoms with Gasteiger partial charge in [-0.2, -0.15) is 5.10 Å². The Morgan fingerprint density at radius 2 is 1.77 bits per heavy atom. The zero-order valence-electron chi connectivity index (χ0n) is 21.4. The number of rotatable bonds is 4. The van der Waals surface area contributed by atoms with E-state index in [1.807, 2.05) is 18.2 Å². The zero-order chi connectivity index (χ0) is 24.7. The van der Waals surface area contributed by atoms with Gasteiger partial charge in [-0.1, -0.05) is 38.1 Å². The molecule has 35 heavy (non-hydrogen) atoms. The molecule has 1 N–H and O–H groups in total. The lowest BCUT2D eigenvalue weighted by molar-refractivity contribution is 0.0955. The smallest absolute Gasteiger partial charge is 0.271 e. The lowest BCUT2D eigenvalue weighted by Gasteiger charge is -2.39. The van der Waals surface area contributed by atoms with E-state index in [-0.39, 0.29) is 11.3 Å². The molecule has 0 aromatic heterocycles. The standard InChI is InChI=1S/C30H34N4O/c1-6-34-16-10-13-21-17-24-26(19-27(21)34)30(2,3)25-18-22(33(4)5)14-15-23(25)28(24)31-32-29(35)20-11-8-7-9-12-20/h7-9,11-12,14-15,17-19H,6,10,13,16H2,1-5H3,(H,32,35). The average Bonchev–Trinajstić information content (AvgIpc) is 2.87. The first-order valence-corrected chi connectivity index (χ1v) is 12.5. The van der Waals surface area contributed by atoms with Crippen molar-refractivity contribution in [3.8, 4) is 0 Å². The summed E-state index contributed by atoms with van der Waals surface area (Å²) in [6, 6.07) is 20.5. The van der Waals surface area contributed by atoms with E-state index in [0.717, 1.165) is 48.5 Å². The Morgan fingerprint density at radius 3 is 2.49 bits per heavy atom. The Labute approximate surface area is 208 Å². The molecule has 1 aliphatic carbocycles. The summed E-state index contributed by atoms with van der Waals surface area (Å²) < 4.78 is 0. The van der Waals surface area contributed by atoms with Crippen LogP contribution in [0.25, 0.3) is 0 Å². The number of hydrazone groups is 1. The number of aryl methyl sites for hydroxylation is 1. The molecule has 2 aliphatic rings. The number of carbonyl (C=O) groups excluding carboxylic acids is 1.